The number of cyclic esters (lactones) is 2. The number of rotatable bonds is 10. The number of hydrogen-bond donors (Lipinski definition) is 5. The fraction of sp³-hybridized carbons (Fsp3) is 0.702. The summed E-state index contributed by atoms with van der Waals surface area (Å²) in [5, 5.41) is 46.8. The van der Waals surface area contributed by atoms with Crippen molar-refractivity contribution in [3.05, 3.63) is 36.5 Å². The molecule has 3 heterocycles. The van der Waals surface area contributed by atoms with Crippen LogP contribution in [0.15, 0.2) is 36.5 Å². The number of carboxylic acids is 1. The third kappa shape index (κ3) is 21.7. The molecule has 0 radical (unpaired) electrons. The van der Waals surface area contributed by atoms with Gasteiger partial charge in [0.25, 0.3) is 24.8 Å². The molecule has 0 aromatic carbocycles. The van der Waals surface area contributed by atoms with E-state index in [0.717, 1.165) is 6.42 Å². The molecule has 11 aliphatic rings. The summed E-state index contributed by atoms with van der Waals surface area (Å²) >= 11 is 4.97. The smallest absolute Gasteiger partial charge is 0.839 e. The molecule has 0 amide bonds. The van der Waals surface area contributed by atoms with Crippen molar-refractivity contribution in [1.29, 1.82) is 0 Å². The first kappa shape index (κ1) is 94.0. The molecule has 6 saturated carbocycles. The Labute approximate surface area is 598 Å². The number of hydrogen-bond acceptors (Lipinski definition) is 22. The summed E-state index contributed by atoms with van der Waals surface area (Å²) in [6.45, 7) is 7.95. The maximum absolute atomic E-state index is 12.7. The molecule has 0 aromatic rings. The van der Waals surface area contributed by atoms with Gasteiger partial charge in [-0.05, 0) is 67.9 Å². The summed E-state index contributed by atoms with van der Waals surface area (Å²) in [7, 11) is 0. The van der Waals surface area contributed by atoms with Crippen molar-refractivity contribution in [2.45, 2.75) is 145 Å². The van der Waals surface area contributed by atoms with Crippen molar-refractivity contribution >= 4 is 77.0 Å². The second-order valence-corrected chi connectivity index (χ2v) is 25.4. The zero-order valence-corrected chi connectivity index (χ0v) is 54.6. The third-order valence-corrected chi connectivity index (χ3v) is 18.4. The quantitative estimate of drug-likeness (QED) is 0.0153. The minimum absolute atomic E-state index is 0. The predicted octanol–water partition coefficient (Wildman–Crippen LogP) is 5.53. The van der Waals surface area contributed by atoms with E-state index >= 15 is 0 Å². The summed E-state index contributed by atoms with van der Waals surface area (Å²) in [4.78, 5) is 123. The van der Waals surface area contributed by atoms with Crippen LogP contribution < -0.4 is 24.0 Å². The monoisotopic (exact) mass is 1620 g/mol. The van der Waals surface area contributed by atoms with Gasteiger partial charge in [-0.2, -0.15) is 105 Å². The Morgan fingerprint density at radius 1 is 0.514 bits per heavy atom. The summed E-state index contributed by atoms with van der Waals surface area (Å²) in [6.07, 6.45) is -59.7. The standard InChI is InChI=1S/C16H14F6O6.C12H10F6O5.C12H10F6O4.C9H8O3.C4H7ClO.C3HF6O.CH2O2.Li.H2O2/c1-4(2)11(23)26-9-6-3-5-7(12(24)27-10(5)9)8(6)13(25)28-14(15(17,18)19)16(20,21)22;13-11(14,15)10(12(16,17)18)23-9(21)4-2-1-3-5(4)8(20)22-7(3)6(2)19;13-11(14,15)10(12(16,17)18)22-9(21)7-5-2-1-4(3-5)6(7)8(19)20;10-8-6-4-1-2-5(3-4)7(6)9(11)12-8;1-3(2)4(5)6;4-2(5,6)1(10)3(7,8)9;2-1-3;;1-2/h5-10,14H,1,3H2,2H3;2-7,10,19H,1H2;1-2,4-7,10H,3H2,(H,19,20);1-2,4-7H,3H2;3H,1-2H3;1H;1H,(H,2,3);;1-2H/q;;;;;-1;;+1;. The third-order valence-electron chi connectivity index (χ3n) is 18.0. The van der Waals surface area contributed by atoms with E-state index in [1.807, 2.05) is 12.2 Å². The number of carbonyl (C=O) groups is 11. The number of aliphatic carboxylic acids is 1. The van der Waals surface area contributed by atoms with Crippen LogP contribution in [0, 0.1) is 101 Å². The number of fused-ring (bicyclic) bond motifs is 9. The molecule has 20 atom stereocenters. The van der Waals surface area contributed by atoms with Crippen molar-refractivity contribution in [2.24, 2.45) is 101 Å². The van der Waals surface area contributed by atoms with Gasteiger partial charge < -0.3 is 53.6 Å². The molecular formula is C57H54ClF24LiO24. The average Bonchev–Trinajstić information content (AvgIpc) is 1.56. The summed E-state index contributed by atoms with van der Waals surface area (Å²) in [5.41, 5.74) is -0.0167. The SMILES string of the molecule is C=C(C)C(=O)OC1C2CC3C1OC(=O)C3C2C(=O)OC(C(F)(F)F)C(F)(F)F.CC(C)C(=O)Cl.O=C(O)C1C2C=CC(C2)C1C(=O)OC(C(F)(F)F)C(F)(F)F.O=C(OC(C(F)(F)F)C(F)(F)F)C1C2CC3C(OC(=O)C31)C2O.O=C1OC(=O)C2C3C=CC(C3)C12.O=CO.OO.[Li+].[O-]C(C(F)(F)F)C(F)(F)F. The molecule has 11 rings (SSSR count). The van der Waals surface area contributed by atoms with E-state index in [0.29, 0.717) is 0 Å². The van der Waals surface area contributed by atoms with Crippen LogP contribution in [-0.2, 0) is 85.9 Å². The van der Waals surface area contributed by atoms with Gasteiger partial charge in [-0.1, -0.05) is 44.7 Å². The van der Waals surface area contributed by atoms with Gasteiger partial charge in [0.05, 0.1) is 59.6 Å². The van der Waals surface area contributed by atoms with E-state index < -0.39 is 211 Å². The molecule has 50 heteroatoms. The largest absolute Gasteiger partial charge is 1.00 e. The van der Waals surface area contributed by atoms with E-state index in [9.17, 15) is 164 Å². The van der Waals surface area contributed by atoms with Crippen LogP contribution in [0.5, 0.6) is 0 Å². The Bertz CT molecular complexity index is 3250. The molecular weight excluding hydrogens is 1570 g/mol. The molecule has 3 aliphatic heterocycles. The van der Waals surface area contributed by atoms with Gasteiger partial charge in [-0.3, -0.25) is 58.5 Å². The Balaban J connectivity index is 0.000000345. The molecule has 602 valence electrons. The Morgan fingerprint density at radius 3 is 1.13 bits per heavy atom. The van der Waals surface area contributed by atoms with Gasteiger partial charge >= 0.3 is 122 Å². The van der Waals surface area contributed by atoms with Gasteiger partial charge in [-0.15, -0.1) is 0 Å². The van der Waals surface area contributed by atoms with Crippen LogP contribution in [0.4, 0.5) is 105 Å². The maximum atomic E-state index is 12.7. The second kappa shape index (κ2) is 34.8. The number of carbonyl (C=O) groups excluding carboxylic acids is 9. The minimum Gasteiger partial charge on any atom is -0.839 e. The van der Waals surface area contributed by atoms with Crippen LogP contribution in [0.25, 0.3) is 0 Å². The number of halogens is 25. The van der Waals surface area contributed by atoms with Crippen LogP contribution in [0.3, 0.4) is 0 Å². The number of aliphatic hydroxyl groups excluding tert-OH is 1. The van der Waals surface area contributed by atoms with Crippen LogP contribution in [-0.4, -0.2) is 190 Å². The minimum atomic E-state index is -5.88. The first-order chi connectivity index (χ1) is 48.1. The molecule has 8 bridgehead atoms. The number of carboxylic acid groups (broad SMARTS) is 2. The maximum Gasteiger partial charge on any atom is 1.00 e. The summed E-state index contributed by atoms with van der Waals surface area (Å²) in [5.74, 6) is -23.0. The molecule has 3 saturated heterocycles. The molecule has 5 N–H and O–H groups in total. The zero-order chi connectivity index (χ0) is 82.1. The second-order valence-electron chi connectivity index (χ2n) is 25.0. The fourth-order valence-corrected chi connectivity index (χ4v) is 13.9. The molecule has 20 unspecified atom stereocenters. The summed E-state index contributed by atoms with van der Waals surface area (Å²) < 4.78 is 321. The normalized spacial score (nSPS) is 31.0. The molecule has 0 spiro atoms. The van der Waals surface area contributed by atoms with E-state index in [4.69, 9.17) is 51.3 Å². The van der Waals surface area contributed by atoms with Gasteiger partial charge in [0.1, 0.15) is 18.3 Å². The van der Waals surface area contributed by atoms with E-state index in [1.165, 1.54) is 19.1 Å². The average molecular weight is 1620 g/mol. The molecule has 9 fully saturated rings. The molecule has 0 aromatic heterocycles. The molecule has 8 aliphatic carbocycles. The van der Waals surface area contributed by atoms with E-state index in [1.54, 1.807) is 13.8 Å². The van der Waals surface area contributed by atoms with Crippen LogP contribution >= 0.6 is 11.6 Å². The predicted molar refractivity (Wildman–Crippen MR) is 283 cm³/mol. The van der Waals surface area contributed by atoms with Crippen molar-refractivity contribution in [1.82, 2.24) is 0 Å². The number of allylic oxidation sites excluding steroid dienone is 4. The van der Waals surface area contributed by atoms with Gasteiger partial charge in [-0.25, -0.2) is 4.79 Å². The van der Waals surface area contributed by atoms with E-state index in [2.05, 4.69) is 25.5 Å². The van der Waals surface area contributed by atoms with E-state index in [-0.39, 0.29) is 96.9 Å². The van der Waals surface area contributed by atoms with Crippen molar-refractivity contribution < 1.29 is 241 Å². The number of ether oxygens (including phenoxy) is 7. The Kier molecular flexibility index (Phi) is 30.6. The topological polar surface area (TPSA) is 377 Å². The Morgan fingerprint density at radius 2 is 0.813 bits per heavy atom. The van der Waals surface area contributed by atoms with Crippen molar-refractivity contribution in [3.63, 3.8) is 0 Å². The fourth-order valence-electron chi connectivity index (χ4n) is 13.9. The van der Waals surface area contributed by atoms with Gasteiger partial charge in [0.2, 0.25) is 5.24 Å². The number of esters is 8. The van der Waals surface area contributed by atoms with Gasteiger partial charge in [0, 0.05) is 35.2 Å². The number of alkyl halides is 24. The van der Waals surface area contributed by atoms with Crippen molar-refractivity contribution in [3.8, 4) is 0 Å². The van der Waals surface area contributed by atoms with Crippen LogP contribution in [0.2, 0.25) is 0 Å². The van der Waals surface area contributed by atoms with Crippen molar-refractivity contribution in [2.75, 3.05) is 0 Å². The first-order valence-corrected chi connectivity index (χ1v) is 30.0. The van der Waals surface area contributed by atoms with Gasteiger partial charge in [0.15, 0.2) is 0 Å². The first-order valence-electron chi connectivity index (χ1n) is 29.7. The zero-order valence-electron chi connectivity index (χ0n) is 53.8. The number of aliphatic hydroxyl groups is 1. The molecule has 107 heavy (non-hydrogen) atoms. The molecule has 24 nitrogen and oxygen atoms in total. The summed E-state index contributed by atoms with van der Waals surface area (Å²) in [6, 6.07) is 0. The Hall–Kier alpha value is -7.16. The van der Waals surface area contributed by atoms with Crippen LogP contribution in [0.1, 0.15) is 46.5 Å².